The van der Waals surface area contributed by atoms with Crippen molar-refractivity contribution in [2.45, 2.75) is 99.3 Å². The van der Waals surface area contributed by atoms with E-state index in [2.05, 4.69) is 97.9 Å². The zero-order chi connectivity index (χ0) is 25.0. The van der Waals surface area contributed by atoms with Crippen LogP contribution in [0.15, 0.2) is 36.4 Å². The van der Waals surface area contributed by atoms with Crippen molar-refractivity contribution in [3.8, 4) is 11.1 Å². The summed E-state index contributed by atoms with van der Waals surface area (Å²) in [4.78, 5) is 0. The minimum Gasteiger partial charge on any atom is -1.00 e. The summed E-state index contributed by atoms with van der Waals surface area (Å²) < 4.78 is 1.51. The maximum absolute atomic E-state index is 3.54. The Morgan fingerprint density at radius 3 is 1.94 bits per heavy atom. The monoisotopic (exact) mass is 598 g/mol. The molecule has 0 aliphatic heterocycles. The first kappa shape index (κ1) is 33.2. The van der Waals surface area contributed by atoms with Crippen LogP contribution in [0.2, 0.25) is 0 Å². The Balaban J connectivity index is 0.000000306. The summed E-state index contributed by atoms with van der Waals surface area (Å²) in [6.45, 7) is 17.6. The predicted molar refractivity (Wildman–Crippen MR) is 146 cm³/mol. The summed E-state index contributed by atoms with van der Waals surface area (Å²) in [5.41, 5.74) is 14.5. The van der Waals surface area contributed by atoms with Crippen LogP contribution in [0.25, 0.3) is 11.1 Å². The van der Waals surface area contributed by atoms with Crippen LogP contribution in [0.1, 0.15) is 97.4 Å². The van der Waals surface area contributed by atoms with Gasteiger partial charge in [-0.05, 0) is 37.0 Å². The molecular formula is C33H42Cl2Zr-2. The normalized spacial score (nSPS) is 14.5. The number of hydrogen-bond donors (Lipinski definition) is 0. The molecule has 0 heterocycles. The Bertz CT molecular complexity index is 1100. The van der Waals surface area contributed by atoms with Crippen molar-refractivity contribution >= 4 is 3.21 Å². The molecule has 36 heavy (non-hydrogen) atoms. The molecule has 0 radical (unpaired) electrons. The van der Waals surface area contributed by atoms with E-state index >= 15 is 0 Å². The Kier molecular flexibility index (Phi) is 13.2. The number of halogens is 2. The summed E-state index contributed by atoms with van der Waals surface area (Å²) in [5, 5.41) is 0. The Hall–Kier alpha value is -0.877. The smallest absolute Gasteiger partial charge is 0.0253 e. The molecule has 1 saturated carbocycles. The Morgan fingerprint density at radius 1 is 0.833 bits per heavy atom. The molecule has 2 aliphatic carbocycles. The third-order valence-corrected chi connectivity index (χ3v) is 7.56. The number of hydrogen-bond acceptors (Lipinski definition) is 0. The molecule has 0 N–H and O–H groups in total. The third-order valence-electron chi connectivity index (χ3n) is 7.56. The fourth-order valence-corrected chi connectivity index (χ4v) is 5.21. The fraction of sp³-hybridized carbons (Fsp3) is 0.455. The summed E-state index contributed by atoms with van der Waals surface area (Å²) >= 11 is 1.55. The average molecular weight is 601 g/mol. The molecule has 5 rings (SSSR count). The van der Waals surface area contributed by atoms with Gasteiger partial charge in [0.1, 0.15) is 0 Å². The molecule has 0 nitrogen and oxygen atoms in total. The quantitative estimate of drug-likeness (QED) is 0.295. The first-order chi connectivity index (χ1) is 16.0. The zero-order valence-electron chi connectivity index (χ0n) is 23.5. The number of aryl methyl sites for hydroxylation is 5. The van der Waals surface area contributed by atoms with E-state index in [0.29, 0.717) is 5.41 Å². The van der Waals surface area contributed by atoms with Crippen molar-refractivity contribution < 1.29 is 49.0 Å². The van der Waals surface area contributed by atoms with Gasteiger partial charge in [-0.15, -0.1) is 11.1 Å². The summed E-state index contributed by atoms with van der Waals surface area (Å²) in [6.07, 6.45) is 8.09. The van der Waals surface area contributed by atoms with E-state index < -0.39 is 0 Å². The summed E-state index contributed by atoms with van der Waals surface area (Å²) in [7, 11) is 0. The molecule has 3 heteroatoms. The van der Waals surface area contributed by atoms with E-state index in [1.807, 2.05) is 0 Å². The van der Waals surface area contributed by atoms with Crippen molar-refractivity contribution in [2.24, 2.45) is 0 Å². The minimum absolute atomic E-state index is 0. The van der Waals surface area contributed by atoms with Crippen LogP contribution in [-0.4, -0.2) is 3.21 Å². The van der Waals surface area contributed by atoms with E-state index in [4.69, 9.17) is 0 Å². The van der Waals surface area contributed by atoms with Crippen LogP contribution in [0.4, 0.5) is 0 Å². The van der Waals surface area contributed by atoms with E-state index in [1.54, 1.807) is 29.8 Å². The molecule has 0 bridgehead atoms. The summed E-state index contributed by atoms with van der Waals surface area (Å²) in [6, 6.07) is 17.5. The van der Waals surface area contributed by atoms with Crippen LogP contribution in [0, 0.1) is 40.7 Å². The summed E-state index contributed by atoms with van der Waals surface area (Å²) in [5.74, 6) is 0. The zero-order valence-corrected chi connectivity index (χ0v) is 27.4. The van der Waals surface area contributed by atoms with Gasteiger partial charge in [0, 0.05) is 0 Å². The van der Waals surface area contributed by atoms with Gasteiger partial charge in [-0.25, -0.2) is 6.07 Å². The predicted octanol–water partition coefficient (Wildman–Crippen LogP) is 2.98. The third kappa shape index (κ3) is 8.31. The van der Waals surface area contributed by atoms with Gasteiger partial charge >= 0.3 is 41.3 Å². The molecule has 1 fully saturated rings. The van der Waals surface area contributed by atoms with Crippen LogP contribution in [0.3, 0.4) is 0 Å². The SMILES string of the molecule is C[C](C)=[Zr+2].Cc1[c-]c2c(cc1C)-c1cc(C)c(C)cc1C2.Cc1cc(C2(C)CCCCC2)c[cH-]1.[Cl-].[Cl-]. The van der Waals surface area contributed by atoms with Gasteiger partial charge < -0.3 is 24.8 Å². The van der Waals surface area contributed by atoms with Crippen LogP contribution >= 0.6 is 0 Å². The van der Waals surface area contributed by atoms with Crippen molar-refractivity contribution in [2.75, 3.05) is 0 Å². The second-order valence-electron chi connectivity index (χ2n) is 11.0. The van der Waals surface area contributed by atoms with Crippen LogP contribution in [0.5, 0.6) is 0 Å². The molecule has 0 aromatic heterocycles. The van der Waals surface area contributed by atoms with Gasteiger partial charge in [0.2, 0.25) is 0 Å². The van der Waals surface area contributed by atoms with E-state index in [-0.39, 0.29) is 24.8 Å². The molecule has 3 aromatic carbocycles. The molecule has 3 aromatic rings. The largest absolute Gasteiger partial charge is 1.00 e. The van der Waals surface area contributed by atoms with Gasteiger partial charge in [-0.2, -0.15) is 46.5 Å². The van der Waals surface area contributed by atoms with Crippen molar-refractivity contribution in [3.63, 3.8) is 0 Å². The topological polar surface area (TPSA) is 0 Å². The molecule has 194 valence electrons. The van der Waals surface area contributed by atoms with Gasteiger partial charge in [0.05, 0.1) is 0 Å². The van der Waals surface area contributed by atoms with Gasteiger partial charge in [0.25, 0.3) is 0 Å². The molecule has 0 amide bonds. The number of rotatable bonds is 1. The molecule has 0 unspecified atom stereocenters. The second kappa shape index (κ2) is 14.3. The second-order valence-corrected chi connectivity index (χ2v) is 13.5. The average Bonchev–Trinajstić information content (AvgIpc) is 3.34. The van der Waals surface area contributed by atoms with E-state index in [0.717, 1.165) is 6.42 Å². The van der Waals surface area contributed by atoms with Crippen LogP contribution in [-0.2, 0) is 36.1 Å². The van der Waals surface area contributed by atoms with Gasteiger partial charge in [-0.1, -0.05) is 82.9 Å². The first-order valence-electron chi connectivity index (χ1n) is 12.9. The molecular weight excluding hydrogens is 558 g/mol. The van der Waals surface area contributed by atoms with E-state index in [1.165, 1.54) is 85.4 Å². The van der Waals surface area contributed by atoms with Crippen molar-refractivity contribution in [1.29, 1.82) is 0 Å². The molecule has 0 saturated heterocycles. The van der Waals surface area contributed by atoms with Crippen molar-refractivity contribution in [1.82, 2.24) is 0 Å². The number of benzene rings is 2. The van der Waals surface area contributed by atoms with E-state index in [9.17, 15) is 0 Å². The Morgan fingerprint density at radius 2 is 1.39 bits per heavy atom. The molecule has 2 aliphatic rings. The first-order valence-corrected chi connectivity index (χ1v) is 14.1. The van der Waals surface area contributed by atoms with Crippen molar-refractivity contribution in [3.05, 3.63) is 87.0 Å². The molecule has 0 spiro atoms. The number of fused-ring (bicyclic) bond motifs is 3. The minimum atomic E-state index is 0. The fourth-order valence-electron chi connectivity index (χ4n) is 5.21. The standard InChI is InChI=1S/C17H17.C13H19.C3H6.2ClH.Zr/c1-10-5-14-9-15-6-11(2)13(4)8-17(15)16(14)7-12(10)3;1-11-6-7-12(10-11)13(2)8-4-3-5-9-13;1-3-2;;;/h5,7-8H,9H2,1-4H3;6-7,10H,3-5,8-9H2,1-2H3;1-2H3;2*1H;/q2*-1;;;;+2/p-2. The van der Waals surface area contributed by atoms with Gasteiger partial charge in [0.15, 0.2) is 0 Å². The Labute approximate surface area is 248 Å². The molecule has 0 atom stereocenters. The van der Waals surface area contributed by atoms with Crippen LogP contribution < -0.4 is 24.8 Å². The van der Waals surface area contributed by atoms with Gasteiger partial charge in [-0.3, -0.25) is 0 Å². The maximum Gasteiger partial charge on any atom is -0.0253 e. The maximum atomic E-state index is 3.54.